The number of Topliss-reactive ketones (excluding diaryl/α,β-unsaturated/α-hetero) is 1. The van der Waals surface area contributed by atoms with Gasteiger partial charge in [0.1, 0.15) is 5.75 Å². The van der Waals surface area contributed by atoms with E-state index in [9.17, 15) is 4.79 Å². The third-order valence-electron chi connectivity index (χ3n) is 4.43. The highest BCUT2D eigenvalue weighted by atomic mass is 16.5. The summed E-state index contributed by atoms with van der Waals surface area (Å²) in [6.45, 7) is 3.47. The minimum atomic E-state index is 0.0546. The minimum Gasteiger partial charge on any atom is -0.497 e. The number of rotatable bonds is 5. The number of ketones is 1. The Balaban J connectivity index is 1.59. The third kappa shape index (κ3) is 3.85. The van der Waals surface area contributed by atoms with Gasteiger partial charge in [0.2, 0.25) is 0 Å². The number of nitrogens with zero attached hydrogens (tertiary/aromatic N) is 2. The summed E-state index contributed by atoms with van der Waals surface area (Å²) in [5.74, 6) is 0.920. The van der Waals surface area contributed by atoms with Gasteiger partial charge in [0.05, 0.1) is 19.0 Å². The summed E-state index contributed by atoms with van der Waals surface area (Å²) in [5.41, 5.74) is 2.79. The Morgan fingerprint density at radius 3 is 2.75 bits per heavy atom. The van der Waals surface area contributed by atoms with Crippen molar-refractivity contribution >= 4 is 17.2 Å². The van der Waals surface area contributed by atoms with Crippen molar-refractivity contribution in [2.24, 2.45) is 0 Å². The van der Waals surface area contributed by atoms with Crippen molar-refractivity contribution in [2.75, 3.05) is 30.4 Å². The Hall–Kier alpha value is -2.56. The molecule has 0 radical (unpaired) electrons. The first-order chi connectivity index (χ1) is 11.7. The van der Waals surface area contributed by atoms with E-state index in [4.69, 9.17) is 4.74 Å². The van der Waals surface area contributed by atoms with Crippen LogP contribution in [-0.2, 0) is 0 Å². The molecule has 2 aromatic rings. The summed E-state index contributed by atoms with van der Waals surface area (Å²) >= 11 is 0. The lowest BCUT2D eigenvalue weighted by molar-refractivity contribution is 0.101. The van der Waals surface area contributed by atoms with Crippen molar-refractivity contribution in [1.29, 1.82) is 0 Å². The molecule has 1 aliphatic rings. The summed E-state index contributed by atoms with van der Waals surface area (Å²) in [6, 6.07) is 10.4. The molecule has 5 heteroatoms. The number of piperidine rings is 1. The first-order valence-corrected chi connectivity index (χ1v) is 8.27. The van der Waals surface area contributed by atoms with E-state index < -0.39 is 0 Å². The largest absolute Gasteiger partial charge is 0.497 e. The molecule has 1 aromatic carbocycles. The highest BCUT2D eigenvalue weighted by molar-refractivity contribution is 5.94. The minimum absolute atomic E-state index is 0.0546. The van der Waals surface area contributed by atoms with Gasteiger partial charge in [-0.3, -0.25) is 9.78 Å². The molecule has 0 spiro atoms. The molecule has 3 rings (SSSR count). The zero-order valence-corrected chi connectivity index (χ0v) is 14.2. The molecule has 24 heavy (non-hydrogen) atoms. The van der Waals surface area contributed by atoms with Gasteiger partial charge in [0, 0.05) is 42.6 Å². The maximum absolute atomic E-state index is 11.5. The molecule has 0 unspecified atom stereocenters. The van der Waals surface area contributed by atoms with Gasteiger partial charge in [-0.2, -0.15) is 0 Å². The summed E-state index contributed by atoms with van der Waals surface area (Å²) < 4.78 is 5.27. The third-order valence-corrected chi connectivity index (χ3v) is 4.43. The van der Waals surface area contributed by atoms with Crippen LogP contribution >= 0.6 is 0 Å². The van der Waals surface area contributed by atoms with Crippen LogP contribution in [0.5, 0.6) is 5.75 Å². The molecule has 126 valence electrons. The zero-order valence-electron chi connectivity index (χ0n) is 14.2. The van der Waals surface area contributed by atoms with Crippen molar-refractivity contribution in [1.82, 2.24) is 4.98 Å². The van der Waals surface area contributed by atoms with Crippen molar-refractivity contribution in [3.05, 3.63) is 48.3 Å². The lowest BCUT2D eigenvalue weighted by atomic mass is 10.0. The number of ether oxygens (including phenoxy) is 1. The Bertz CT molecular complexity index is 709. The van der Waals surface area contributed by atoms with Crippen LogP contribution in [0.2, 0.25) is 0 Å². The zero-order chi connectivity index (χ0) is 16.9. The average molecular weight is 325 g/mol. The fraction of sp³-hybridized carbons (Fsp3) is 0.368. The normalized spacial score (nSPS) is 15.2. The van der Waals surface area contributed by atoms with Crippen molar-refractivity contribution in [3.63, 3.8) is 0 Å². The number of hydrogen-bond donors (Lipinski definition) is 1. The van der Waals surface area contributed by atoms with Crippen LogP contribution in [0.15, 0.2) is 42.7 Å². The number of aromatic nitrogens is 1. The molecule has 0 aliphatic carbocycles. The number of anilines is 2. The number of nitrogens with one attached hydrogen (secondary N) is 1. The first kappa shape index (κ1) is 16.3. The molecule has 1 fully saturated rings. The van der Waals surface area contributed by atoms with Crippen molar-refractivity contribution < 1.29 is 9.53 Å². The number of carbonyl (C=O) groups excluding carboxylic acids is 1. The van der Waals surface area contributed by atoms with E-state index in [1.165, 1.54) is 0 Å². The summed E-state index contributed by atoms with van der Waals surface area (Å²) in [5, 5.41) is 3.58. The molecular formula is C19H23N3O2. The lowest BCUT2D eigenvalue weighted by Gasteiger charge is -2.34. The van der Waals surface area contributed by atoms with E-state index in [1.807, 2.05) is 30.5 Å². The Morgan fingerprint density at radius 2 is 2.04 bits per heavy atom. The highest BCUT2D eigenvalue weighted by Gasteiger charge is 2.20. The number of carbonyl (C=O) groups is 1. The second kappa shape index (κ2) is 7.34. The van der Waals surface area contributed by atoms with Crippen LogP contribution in [0.4, 0.5) is 11.4 Å². The number of hydrogen-bond acceptors (Lipinski definition) is 5. The maximum atomic E-state index is 11.5. The Morgan fingerprint density at radius 1 is 1.25 bits per heavy atom. The Kier molecular flexibility index (Phi) is 4.99. The van der Waals surface area contributed by atoms with E-state index in [0.29, 0.717) is 11.6 Å². The number of benzene rings is 1. The molecule has 1 N–H and O–H groups in total. The van der Waals surface area contributed by atoms with Gasteiger partial charge < -0.3 is 15.0 Å². The topological polar surface area (TPSA) is 54.5 Å². The maximum Gasteiger partial charge on any atom is 0.161 e. The molecule has 1 aliphatic heterocycles. The van der Waals surface area contributed by atoms with Gasteiger partial charge in [-0.25, -0.2) is 0 Å². The second-order valence-corrected chi connectivity index (χ2v) is 6.13. The SMILES string of the molecule is COc1cccc(NC2CCN(c3cncc(C(C)=O)c3)CC2)c1. The van der Waals surface area contributed by atoms with E-state index in [0.717, 1.165) is 43.1 Å². The van der Waals surface area contributed by atoms with Crippen LogP contribution in [0.25, 0.3) is 0 Å². The standard InChI is InChI=1S/C19H23N3O2/c1-14(23)15-10-18(13-20-12-15)22-8-6-16(7-9-22)21-17-4-3-5-19(11-17)24-2/h3-5,10-13,16,21H,6-9H2,1-2H3. The van der Waals surface area contributed by atoms with Crippen LogP contribution in [0.3, 0.4) is 0 Å². The van der Waals surface area contributed by atoms with Gasteiger partial charge in [0.25, 0.3) is 0 Å². The summed E-state index contributed by atoms with van der Waals surface area (Å²) in [7, 11) is 1.68. The summed E-state index contributed by atoms with van der Waals surface area (Å²) in [4.78, 5) is 18.0. The number of methoxy groups -OCH3 is 1. The molecule has 0 atom stereocenters. The quantitative estimate of drug-likeness (QED) is 0.854. The van der Waals surface area contributed by atoms with Gasteiger partial charge in [-0.05, 0) is 38.0 Å². The molecule has 2 heterocycles. The lowest BCUT2D eigenvalue weighted by Crippen LogP contribution is -2.39. The highest BCUT2D eigenvalue weighted by Crippen LogP contribution is 2.24. The monoisotopic (exact) mass is 325 g/mol. The van der Waals surface area contributed by atoms with E-state index in [1.54, 1.807) is 20.2 Å². The van der Waals surface area contributed by atoms with Gasteiger partial charge >= 0.3 is 0 Å². The van der Waals surface area contributed by atoms with E-state index in [-0.39, 0.29) is 5.78 Å². The molecule has 0 amide bonds. The molecule has 0 bridgehead atoms. The van der Waals surface area contributed by atoms with E-state index in [2.05, 4.69) is 21.3 Å². The summed E-state index contributed by atoms with van der Waals surface area (Å²) in [6.07, 6.45) is 5.55. The van der Waals surface area contributed by atoms with Crippen molar-refractivity contribution in [3.8, 4) is 5.75 Å². The van der Waals surface area contributed by atoms with Crippen molar-refractivity contribution in [2.45, 2.75) is 25.8 Å². The van der Waals surface area contributed by atoms with Gasteiger partial charge in [0.15, 0.2) is 5.78 Å². The van der Waals surface area contributed by atoms with Crippen LogP contribution in [0.1, 0.15) is 30.1 Å². The first-order valence-electron chi connectivity index (χ1n) is 8.27. The fourth-order valence-corrected chi connectivity index (χ4v) is 3.02. The van der Waals surface area contributed by atoms with Crippen LogP contribution < -0.4 is 15.0 Å². The number of pyridine rings is 1. The predicted octanol–water partition coefficient (Wildman–Crippen LogP) is 3.37. The van der Waals surface area contributed by atoms with Crippen LogP contribution in [0, 0.1) is 0 Å². The molecule has 0 saturated carbocycles. The Labute approximate surface area is 142 Å². The van der Waals surface area contributed by atoms with E-state index >= 15 is 0 Å². The van der Waals surface area contributed by atoms with Crippen LogP contribution in [-0.4, -0.2) is 37.0 Å². The molecule has 1 aromatic heterocycles. The van der Waals surface area contributed by atoms with Gasteiger partial charge in [-0.1, -0.05) is 6.07 Å². The fourth-order valence-electron chi connectivity index (χ4n) is 3.02. The predicted molar refractivity (Wildman–Crippen MR) is 96.1 cm³/mol. The van der Waals surface area contributed by atoms with Gasteiger partial charge in [-0.15, -0.1) is 0 Å². The molecule has 5 nitrogen and oxygen atoms in total. The average Bonchev–Trinajstić information content (AvgIpc) is 2.62. The smallest absolute Gasteiger partial charge is 0.161 e. The molecule has 1 saturated heterocycles. The molecular weight excluding hydrogens is 302 g/mol. The second-order valence-electron chi connectivity index (χ2n) is 6.13.